The van der Waals surface area contributed by atoms with Crippen LogP contribution in [0.15, 0.2) is 18.2 Å². The molecule has 0 saturated carbocycles. The molecular weight excluding hydrogens is 298 g/mol. The number of benzene rings is 1. The third-order valence-electron chi connectivity index (χ3n) is 3.85. The Morgan fingerprint density at radius 2 is 1.87 bits per heavy atom. The van der Waals surface area contributed by atoms with Gasteiger partial charge in [-0.2, -0.15) is 0 Å². The minimum absolute atomic E-state index is 0.297. The van der Waals surface area contributed by atoms with Crippen LogP contribution in [0.25, 0.3) is 0 Å². The smallest absolute Gasteiger partial charge is 0.321 e. The summed E-state index contributed by atoms with van der Waals surface area (Å²) in [4.78, 5) is 24.1. The van der Waals surface area contributed by atoms with Gasteiger partial charge in [0.25, 0.3) is 5.91 Å². The third kappa shape index (κ3) is 5.45. The molecule has 2 atom stereocenters. The summed E-state index contributed by atoms with van der Waals surface area (Å²) in [6.45, 7) is 2.54. The molecule has 0 aliphatic heterocycles. The lowest BCUT2D eigenvalue weighted by Gasteiger charge is -2.20. The van der Waals surface area contributed by atoms with Gasteiger partial charge >= 0.3 is 6.03 Å². The first kappa shape index (κ1) is 18.8. The highest BCUT2D eigenvalue weighted by Gasteiger charge is 2.23. The fourth-order valence-corrected chi connectivity index (χ4v) is 2.10. The van der Waals surface area contributed by atoms with Crippen molar-refractivity contribution in [1.82, 2.24) is 10.6 Å². The number of urea groups is 1. The molecular formula is C16H26N3O4+. The topological polar surface area (TPSA) is 81.1 Å². The maximum absolute atomic E-state index is 11.9. The van der Waals surface area contributed by atoms with Crippen molar-refractivity contribution in [3.8, 4) is 11.5 Å². The summed E-state index contributed by atoms with van der Waals surface area (Å²) in [5.74, 6) is 1.08. The number of rotatable bonds is 7. The van der Waals surface area contributed by atoms with E-state index < -0.39 is 6.03 Å². The van der Waals surface area contributed by atoms with Crippen LogP contribution >= 0.6 is 0 Å². The van der Waals surface area contributed by atoms with Gasteiger partial charge in [0.15, 0.2) is 17.5 Å². The van der Waals surface area contributed by atoms with Crippen LogP contribution in [0.1, 0.15) is 12.5 Å². The first-order chi connectivity index (χ1) is 10.9. The van der Waals surface area contributed by atoms with Crippen LogP contribution in [0.5, 0.6) is 11.5 Å². The van der Waals surface area contributed by atoms with Crippen molar-refractivity contribution >= 4 is 11.9 Å². The van der Waals surface area contributed by atoms with Crippen molar-refractivity contribution in [2.75, 3.05) is 34.9 Å². The number of methoxy groups -OCH3 is 2. The summed E-state index contributed by atoms with van der Waals surface area (Å²) in [6.07, 6.45) is 0.782. The number of ether oxygens (including phenoxy) is 2. The molecule has 0 aliphatic rings. The number of amides is 3. The lowest BCUT2D eigenvalue weighted by molar-refractivity contribution is -0.894. The van der Waals surface area contributed by atoms with Gasteiger partial charge in [0, 0.05) is 13.5 Å². The molecule has 1 aromatic carbocycles. The number of carbonyl (C=O) groups excluding carboxylic acids is 2. The molecule has 3 N–H and O–H groups in total. The summed E-state index contributed by atoms with van der Waals surface area (Å²) in [5, 5.41) is 4.66. The Balaban J connectivity index is 2.60. The Kier molecular flexibility index (Phi) is 7.34. The molecule has 0 heterocycles. The number of quaternary nitrogens is 1. The average Bonchev–Trinajstić information content (AvgIpc) is 2.58. The Bertz CT molecular complexity index is 548. The van der Waals surface area contributed by atoms with Crippen LogP contribution in [-0.2, 0) is 11.2 Å². The molecule has 3 amide bonds. The molecule has 0 radical (unpaired) electrons. The minimum atomic E-state index is -0.491. The first-order valence-corrected chi connectivity index (χ1v) is 7.48. The summed E-state index contributed by atoms with van der Waals surface area (Å²) in [5.41, 5.74) is 1.10. The van der Waals surface area contributed by atoms with E-state index in [2.05, 4.69) is 10.6 Å². The van der Waals surface area contributed by atoms with Crippen LogP contribution in [0.4, 0.5) is 4.79 Å². The number of nitrogens with one attached hydrogen (secondary N) is 3. The van der Waals surface area contributed by atoms with Crippen molar-refractivity contribution in [2.24, 2.45) is 0 Å². The second-order valence-electron chi connectivity index (χ2n) is 5.33. The number of carbonyl (C=O) groups is 2. The van der Waals surface area contributed by atoms with E-state index in [1.54, 1.807) is 21.1 Å². The van der Waals surface area contributed by atoms with Gasteiger partial charge < -0.3 is 19.7 Å². The van der Waals surface area contributed by atoms with Crippen molar-refractivity contribution in [1.29, 1.82) is 0 Å². The molecule has 0 spiro atoms. The lowest BCUT2D eigenvalue weighted by Crippen LogP contribution is -3.14. The van der Waals surface area contributed by atoms with Gasteiger partial charge in [-0.1, -0.05) is 6.07 Å². The Hall–Kier alpha value is -2.28. The molecule has 1 aromatic rings. The molecule has 23 heavy (non-hydrogen) atoms. The number of imide groups is 1. The normalized spacial score (nSPS) is 12.9. The highest BCUT2D eigenvalue weighted by molar-refractivity contribution is 5.96. The molecule has 7 nitrogen and oxygen atoms in total. The molecule has 0 fully saturated rings. The second-order valence-corrected chi connectivity index (χ2v) is 5.33. The van der Waals surface area contributed by atoms with Crippen LogP contribution in [0.2, 0.25) is 0 Å². The monoisotopic (exact) mass is 324 g/mol. The fourth-order valence-electron chi connectivity index (χ4n) is 2.10. The molecule has 128 valence electrons. The molecule has 0 aromatic heterocycles. The van der Waals surface area contributed by atoms with E-state index in [0.29, 0.717) is 11.5 Å². The van der Waals surface area contributed by atoms with Gasteiger partial charge in [-0.05, 0) is 24.6 Å². The second kappa shape index (κ2) is 8.99. The highest BCUT2D eigenvalue weighted by atomic mass is 16.5. The summed E-state index contributed by atoms with van der Waals surface area (Å²) in [6, 6.07) is 4.96. The molecule has 1 rings (SSSR count). The van der Waals surface area contributed by atoms with Gasteiger partial charge in [-0.3, -0.25) is 10.1 Å². The number of hydrogen-bond acceptors (Lipinski definition) is 4. The van der Waals surface area contributed by atoms with Crippen LogP contribution in [0, 0.1) is 0 Å². The largest absolute Gasteiger partial charge is 0.493 e. The van der Waals surface area contributed by atoms with E-state index in [0.717, 1.165) is 23.4 Å². The van der Waals surface area contributed by atoms with E-state index in [4.69, 9.17) is 9.47 Å². The quantitative estimate of drug-likeness (QED) is 0.638. The zero-order chi connectivity index (χ0) is 17.4. The Morgan fingerprint density at radius 3 is 2.43 bits per heavy atom. The van der Waals surface area contributed by atoms with E-state index in [-0.39, 0.29) is 11.9 Å². The maximum Gasteiger partial charge on any atom is 0.321 e. The Labute approximate surface area is 136 Å². The van der Waals surface area contributed by atoms with Crippen molar-refractivity contribution in [2.45, 2.75) is 19.4 Å². The molecule has 7 heteroatoms. The van der Waals surface area contributed by atoms with Crippen LogP contribution < -0.4 is 25.0 Å². The minimum Gasteiger partial charge on any atom is -0.493 e. The van der Waals surface area contributed by atoms with Gasteiger partial charge in [-0.25, -0.2) is 4.79 Å². The Morgan fingerprint density at radius 1 is 1.22 bits per heavy atom. The summed E-state index contributed by atoms with van der Waals surface area (Å²) < 4.78 is 10.5. The lowest BCUT2D eigenvalue weighted by atomic mass is 10.1. The van der Waals surface area contributed by atoms with Crippen molar-refractivity contribution in [3.05, 3.63) is 23.8 Å². The maximum atomic E-state index is 11.9. The van der Waals surface area contributed by atoms with Gasteiger partial charge in [0.2, 0.25) is 0 Å². The van der Waals surface area contributed by atoms with Crippen molar-refractivity contribution in [3.63, 3.8) is 0 Å². The van der Waals surface area contributed by atoms with Gasteiger partial charge in [0.1, 0.15) is 0 Å². The SMILES string of the molecule is CNC(=O)NC(=O)[C@@H](C)[NH+](C)CCc1ccc(OC)c(OC)c1. The first-order valence-electron chi connectivity index (χ1n) is 7.48. The van der Waals surface area contributed by atoms with E-state index in [1.165, 1.54) is 7.05 Å². The fraction of sp³-hybridized carbons (Fsp3) is 0.500. The zero-order valence-corrected chi connectivity index (χ0v) is 14.4. The third-order valence-corrected chi connectivity index (χ3v) is 3.85. The van der Waals surface area contributed by atoms with Gasteiger partial charge in [0.05, 0.1) is 27.8 Å². The zero-order valence-electron chi connectivity index (χ0n) is 14.4. The van der Waals surface area contributed by atoms with Gasteiger partial charge in [-0.15, -0.1) is 0 Å². The standard InChI is InChI=1S/C16H25N3O4/c1-11(15(20)18-16(21)17-2)19(3)9-8-12-6-7-13(22-4)14(10-12)23-5/h6-7,10-11H,8-9H2,1-5H3,(H2,17,18,20,21)/p+1/t11-/m1/s1. The predicted molar refractivity (Wildman–Crippen MR) is 87.1 cm³/mol. The van der Waals surface area contributed by atoms with E-state index in [9.17, 15) is 9.59 Å². The number of likely N-dealkylation sites (N-methyl/N-ethyl adjacent to an activating group) is 1. The van der Waals surface area contributed by atoms with E-state index in [1.807, 2.05) is 25.2 Å². The molecule has 0 aliphatic carbocycles. The molecule has 0 bridgehead atoms. The van der Waals surface area contributed by atoms with Crippen LogP contribution in [0.3, 0.4) is 0 Å². The van der Waals surface area contributed by atoms with Crippen molar-refractivity contribution < 1.29 is 24.0 Å². The highest BCUT2D eigenvalue weighted by Crippen LogP contribution is 2.27. The van der Waals surface area contributed by atoms with E-state index >= 15 is 0 Å². The predicted octanol–water partition coefficient (Wildman–Crippen LogP) is -0.395. The van der Waals surface area contributed by atoms with Crippen LogP contribution in [-0.4, -0.2) is 52.8 Å². The molecule has 1 unspecified atom stereocenters. The average molecular weight is 324 g/mol. The summed E-state index contributed by atoms with van der Waals surface area (Å²) in [7, 11) is 6.60. The summed E-state index contributed by atoms with van der Waals surface area (Å²) >= 11 is 0. The number of hydrogen-bond donors (Lipinski definition) is 3. The molecule has 0 saturated heterocycles.